The number of methoxy groups -OCH3 is 1. The Bertz CT molecular complexity index is 608. The summed E-state index contributed by atoms with van der Waals surface area (Å²) in [6, 6.07) is -0.107. The van der Waals surface area contributed by atoms with Gasteiger partial charge in [-0.15, -0.1) is 0 Å². The molecule has 0 aliphatic rings. The number of nitrogens with two attached hydrogens (primary N) is 1. The highest BCUT2D eigenvalue weighted by Gasteiger charge is 2.17. The molecule has 0 bridgehead atoms. The van der Waals surface area contributed by atoms with E-state index in [2.05, 4.69) is 9.97 Å². The molecule has 3 N–H and O–H groups in total. The zero-order valence-corrected chi connectivity index (χ0v) is 10.8. The molecule has 0 aliphatic heterocycles. The molecule has 0 radical (unpaired) electrons. The highest BCUT2D eigenvalue weighted by Crippen LogP contribution is 2.26. The number of carboxylic acids is 1. The Morgan fingerprint density at radius 3 is 3.00 bits per heavy atom. The Labute approximate surface area is 110 Å². The largest absolute Gasteiger partial charge is 0.481 e. The van der Waals surface area contributed by atoms with Gasteiger partial charge in [-0.05, 0) is 6.42 Å². The standard InChI is InChI=1S/C12H16N4O3/c1-16-6-7(8(13)3-4-10(17)18)11-9(16)5-14-12(15-11)19-2/h5-6,8H,3-4,13H2,1-2H3,(H,17,18). The maximum Gasteiger partial charge on any atom is 0.316 e. The molecule has 2 heterocycles. The van der Waals surface area contributed by atoms with Crippen LogP contribution in [0.5, 0.6) is 6.01 Å². The smallest absolute Gasteiger partial charge is 0.316 e. The normalized spacial score (nSPS) is 12.6. The van der Waals surface area contributed by atoms with Gasteiger partial charge in [0.25, 0.3) is 0 Å². The molecular formula is C12H16N4O3. The van der Waals surface area contributed by atoms with Gasteiger partial charge >= 0.3 is 12.0 Å². The van der Waals surface area contributed by atoms with E-state index >= 15 is 0 Å². The van der Waals surface area contributed by atoms with Gasteiger partial charge in [-0.1, -0.05) is 0 Å². The first-order chi connectivity index (χ1) is 9.02. The van der Waals surface area contributed by atoms with Crippen molar-refractivity contribution in [1.82, 2.24) is 14.5 Å². The molecule has 0 aromatic carbocycles. The molecule has 102 valence electrons. The van der Waals surface area contributed by atoms with Crippen LogP contribution in [0.4, 0.5) is 0 Å². The van der Waals surface area contributed by atoms with Crippen molar-refractivity contribution in [3.8, 4) is 6.01 Å². The van der Waals surface area contributed by atoms with Crippen LogP contribution >= 0.6 is 0 Å². The summed E-state index contributed by atoms with van der Waals surface area (Å²) in [6.07, 6.45) is 3.90. The lowest BCUT2D eigenvalue weighted by Gasteiger charge is -2.08. The van der Waals surface area contributed by atoms with Crippen molar-refractivity contribution in [3.63, 3.8) is 0 Å². The number of carbonyl (C=O) groups is 1. The lowest BCUT2D eigenvalue weighted by molar-refractivity contribution is -0.137. The van der Waals surface area contributed by atoms with Gasteiger partial charge in [0.2, 0.25) is 0 Å². The number of aryl methyl sites for hydroxylation is 1. The molecule has 1 atom stereocenters. The first kappa shape index (κ1) is 13.3. The van der Waals surface area contributed by atoms with Crippen molar-refractivity contribution in [1.29, 1.82) is 0 Å². The van der Waals surface area contributed by atoms with E-state index in [1.165, 1.54) is 7.11 Å². The van der Waals surface area contributed by atoms with E-state index in [0.29, 0.717) is 11.9 Å². The van der Waals surface area contributed by atoms with Gasteiger partial charge in [-0.25, -0.2) is 4.98 Å². The van der Waals surface area contributed by atoms with E-state index in [4.69, 9.17) is 15.6 Å². The molecule has 0 saturated heterocycles. The molecule has 2 rings (SSSR count). The molecule has 1 unspecified atom stereocenters. The molecule has 0 saturated carbocycles. The summed E-state index contributed by atoms with van der Waals surface area (Å²) in [5.74, 6) is -0.858. The zero-order chi connectivity index (χ0) is 14.0. The molecule has 0 spiro atoms. The molecule has 2 aromatic heterocycles. The third-order valence-corrected chi connectivity index (χ3v) is 2.98. The molecule has 2 aromatic rings. The third kappa shape index (κ3) is 2.65. The second kappa shape index (κ2) is 5.23. The minimum atomic E-state index is -0.858. The lowest BCUT2D eigenvalue weighted by atomic mass is 10.1. The van der Waals surface area contributed by atoms with Crippen molar-refractivity contribution in [2.75, 3.05) is 7.11 Å². The Hall–Kier alpha value is -2.15. The van der Waals surface area contributed by atoms with E-state index in [1.807, 2.05) is 17.8 Å². The van der Waals surface area contributed by atoms with Crippen LogP contribution in [-0.4, -0.2) is 32.7 Å². The minimum Gasteiger partial charge on any atom is -0.481 e. The topological polar surface area (TPSA) is 103 Å². The zero-order valence-electron chi connectivity index (χ0n) is 10.8. The monoisotopic (exact) mass is 264 g/mol. The maximum absolute atomic E-state index is 10.6. The van der Waals surface area contributed by atoms with Crippen LogP contribution in [0.3, 0.4) is 0 Å². The van der Waals surface area contributed by atoms with Gasteiger partial charge in [-0.3, -0.25) is 4.79 Å². The summed E-state index contributed by atoms with van der Waals surface area (Å²) >= 11 is 0. The quantitative estimate of drug-likeness (QED) is 0.829. The highest BCUT2D eigenvalue weighted by atomic mass is 16.5. The molecule has 7 heteroatoms. The van der Waals surface area contributed by atoms with E-state index in [0.717, 1.165) is 11.1 Å². The summed E-state index contributed by atoms with van der Waals surface area (Å²) in [6.45, 7) is 0. The van der Waals surface area contributed by atoms with E-state index in [-0.39, 0.29) is 18.5 Å². The summed E-state index contributed by atoms with van der Waals surface area (Å²) < 4.78 is 6.86. The molecular weight excluding hydrogens is 248 g/mol. The number of nitrogens with zero attached hydrogens (tertiary/aromatic N) is 3. The SMILES string of the molecule is COc1ncc2c(n1)c(C(N)CCC(=O)O)cn2C. The van der Waals surface area contributed by atoms with Gasteiger partial charge in [0.1, 0.15) is 5.52 Å². The average Bonchev–Trinajstić information content (AvgIpc) is 2.73. The van der Waals surface area contributed by atoms with Crippen molar-refractivity contribution in [3.05, 3.63) is 18.0 Å². The Balaban J connectivity index is 2.39. The third-order valence-electron chi connectivity index (χ3n) is 2.98. The first-order valence-corrected chi connectivity index (χ1v) is 5.86. The number of hydrogen-bond donors (Lipinski definition) is 2. The second-order valence-electron chi connectivity index (χ2n) is 4.32. The maximum atomic E-state index is 10.6. The van der Waals surface area contributed by atoms with Gasteiger partial charge < -0.3 is 20.1 Å². The van der Waals surface area contributed by atoms with Crippen LogP contribution in [-0.2, 0) is 11.8 Å². The van der Waals surface area contributed by atoms with Gasteiger partial charge in [0.15, 0.2) is 0 Å². The Morgan fingerprint density at radius 2 is 2.37 bits per heavy atom. The number of rotatable bonds is 5. The second-order valence-corrected chi connectivity index (χ2v) is 4.32. The van der Waals surface area contributed by atoms with Crippen molar-refractivity contribution in [2.24, 2.45) is 12.8 Å². The fourth-order valence-electron chi connectivity index (χ4n) is 1.97. The predicted octanol–water partition coefficient (Wildman–Crippen LogP) is 0.841. The van der Waals surface area contributed by atoms with Crippen LogP contribution < -0.4 is 10.5 Å². The summed E-state index contributed by atoms with van der Waals surface area (Å²) in [5, 5.41) is 8.70. The number of aliphatic carboxylic acids is 1. The van der Waals surface area contributed by atoms with Crippen LogP contribution in [0.2, 0.25) is 0 Å². The van der Waals surface area contributed by atoms with E-state index in [9.17, 15) is 4.79 Å². The Morgan fingerprint density at radius 1 is 1.63 bits per heavy atom. The number of carboxylic acid groups (broad SMARTS) is 1. The minimum absolute atomic E-state index is 0.0276. The molecule has 0 amide bonds. The summed E-state index contributed by atoms with van der Waals surface area (Å²) in [4.78, 5) is 18.9. The lowest BCUT2D eigenvalue weighted by Crippen LogP contribution is -2.12. The van der Waals surface area contributed by atoms with E-state index < -0.39 is 5.97 Å². The fraction of sp³-hybridized carbons (Fsp3) is 0.417. The van der Waals surface area contributed by atoms with Crippen molar-refractivity contribution < 1.29 is 14.6 Å². The predicted molar refractivity (Wildman–Crippen MR) is 68.9 cm³/mol. The first-order valence-electron chi connectivity index (χ1n) is 5.86. The molecule has 0 aliphatic carbocycles. The van der Waals surface area contributed by atoms with E-state index in [1.54, 1.807) is 6.20 Å². The fourth-order valence-corrected chi connectivity index (χ4v) is 1.97. The van der Waals surface area contributed by atoms with Crippen LogP contribution in [0.15, 0.2) is 12.4 Å². The molecule has 7 nitrogen and oxygen atoms in total. The van der Waals surface area contributed by atoms with Crippen LogP contribution in [0, 0.1) is 0 Å². The summed E-state index contributed by atoms with van der Waals surface area (Å²) in [5.41, 5.74) is 8.38. The molecule has 19 heavy (non-hydrogen) atoms. The van der Waals surface area contributed by atoms with Crippen molar-refractivity contribution in [2.45, 2.75) is 18.9 Å². The molecule has 0 fully saturated rings. The van der Waals surface area contributed by atoms with Crippen LogP contribution in [0.1, 0.15) is 24.4 Å². The number of fused-ring (bicyclic) bond motifs is 1. The highest BCUT2D eigenvalue weighted by molar-refractivity contribution is 5.80. The number of aromatic nitrogens is 3. The van der Waals surface area contributed by atoms with Gasteiger partial charge in [0, 0.05) is 31.3 Å². The number of ether oxygens (including phenoxy) is 1. The van der Waals surface area contributed by atoms with Crippen molar-refractivity contribution >= 4 is 17.0 Å². The average molecular weight is 264 g/mol. The number of hydrogen-bond acceptors (Lipinski definition) is 5. The Kier molecular flexibility index (Phi) is 3.66. The summed E-state index contributed by atoms with van der Waals surface area (Å²) in [7, 11) is 3.36. The van der Waals surface area contributed by atoms with Gasteiger partial charge in [-0.2, -0.15) is 4.98 Å². The van der Waals surface area contributed by atoms with Crippen LogP contribution in [0.25, 0.3) is 11.0 Å². The van der Waals surface area contributed by atoms with Gasteiger partial charge in [0.05, 0.1) is 18.8 Å².